The summed E-state index contributed by atoms with van der Waals surface area (Å²) in [5.74, 6) is 0.570. The van der Waals surface area contributed by atoms with Crippen LogP contribution < -0.4 is 20.1 Å². The number of carbonyl (C=O) groups is 1. The van der Waals surface area contributed by atoms with Crippen molar-refractivity contribution in [3.63, 3.8) is 0 Å². The molecule has 2 amide bonds. The van der Waals surface area contributed by atoms with Crippen molar-refractivity contribution in [3.8, 4) is 5.75 Å². The van der Waals surface area contributed by atoms with Gasteiger partial charge in [-0.15, -0.1) is 0 Å². The van der Waals surface area contributed by atoms with Gasteiger partial charge in [0.2, 0.25) is 10.0 Å². The smallest absolute Gasteiger partial charge is 0.315 e. The van der Waals surface area contributed by atoms with E-state index < -0.39 is 16.1 Å². The van der Waals surface area contributed by atoms with Crippen molar-refractivity contribution in [2.24, 2.45) is 0 Å². The van der Waals surface area contributed by atoms with Gasteiger partial charge in [-0.1, -0.05) is 29.8 Å². The van der Waals surface area contributed by atoms with Crippen LogP contribution in [0.2, 0.25) is 5.02 Å². The molecule has 0 atom stereocenters. The molecule has 0 radical (unpaired) electrons. The van der Waals surface area contributed by atoms with Crippen LogP contribution in [0.1, 0.15) is 5.56 Å². The Morgan fingerprint density at radius 1 is 1.04 bits per heavy atom. The van der Waals surface area contributed by atoms with Crippen molar-refractivity contribution in [1.82, 2.24) is 15.4 Å². The topological polar surface area (TPSA) is 96.5 Å². The maximum absolute atomic E-state index is 12.1. The fourth-order valence-electron chi connectivity index (χ4n) is 2.08. The molecule has 7 nitrogen and oxygen atoms in total. The van der Waals surface area contributed by atoms with Gasteiger partial charge in [0.25, 0.3) is 0 Å². The van der Waals surface area contributed by atoms with Gasteiger partial charge in [0, 0.05) is 24.7 Å². The molecule has 2 aromatic rings. The van der Waals surface area contributed by atoms with Crippen molar-refractivity contribution in [2.75, 3.05) is 20.2 Å². The third-order valence-corrected chi connectivity index (χ3v) is 5.32. The molecule has 0 spiro atoms. The molecule has 0 unspecified atom stereocenters. The highest BCUT2D eigenvalue weighted by atomic mass is 35.5. The molecule has 0 bridgehead atoms. The van der Waals surface area contributed by atoms with Crippen molar-refractivity contribution in [3.05, 3.63) is 59.1 Å². The standard InChI is InChI=1S/C17H20ClN3O4S/c1-25-14-6-8-15(9-7-14)26(23,24)21-11-10-19-17(22)20-12-13-4-2-3-5-16(13)18/h2-9,21H,10-12H2,1H3,(H2,19,20,22). The second-order valence-corrected chi connectivity index (χ2v) is 7.45. The first-order valence-corrected chi connectivity index (χ1v) is 9.67. The number of nitrogens with one attached hydrogen (secondary N) is 3. The van der Waals surface area contributed by atoms with Crippen LogP contribution in [0, 0.1) is 0 Å². The van der Waals surface area contributed by atoms with Gasteiger partial charge < -0.3 is 15.4 Å². The average Bonchev–Trinajstić information content (AvgIpc) is 2.64. The lowest BCUT2D eigenvalue weighted by Crippen LogP contribution is -2.40. The molecule has 0 aliphatic rings. The first kappa shape index (κ1) is 20.0. The Kier molecular flexibility index (Phi) is 7.26. The lowest BCUT2D eigenvalue weighted by atomic mass is 10.2. The molecule has 2 rings (SSSR count). The van der Waals surface area contributed by atoms with Crippen molar-refractivity contribution in [2.45, 2.75) is 11.4 Å². The molecule has 0 fully saturated rings. The summed E-state index contributed by atoms with van der Waals surface area (Å²) in [5, 5.41) is 5.80. The zero-order valence-electron chi connectivity index (χ0n) is 14.2. The zero-order valence-corrected chi connectivity index (χ0v) is 15.7. The van der Waals surface area contributed by atoms with Crippen molar-refractivity contribution >= 4 is 27.7 Å². The lowest BCUT2D eigenvalue weighted by molar-refractivity contribution is 0.240. The minimum absolute atomic E-state index is 0.0634. The molecule has 0 heterocycles. The monoisotopic (exact) mass is 397 g/mol. The van der Waals surface area contributed by atoms with E-state index in [1.165, 1.54) is 19.2 Å². The van der Waals surface area contributed by atoms with Gasteiger partial charge in [-0.2, -0.15) is 0 Å². The molecule has 0 aromatic heterocycles. The van der Waals surface area contributed by atoms with E-state index >= 15 is 0 Å². The molecule has 9 heteroatoms. The third kappa shape index (κ3) is 5.91. The second kappa shape index (κ2) is 9.42. The third-order valence-electron chi connectivity index (χ3n) is 3.47. The Morgan fingerprint density at radius 2 is 1.73 bits per heavy atom. The molecular weight excluding hydrogens is 378 g/mol. The number of hydrogen-bond donors (Lipinski definition) is 3. The summed E-state index contributed by atoms with van der Waals surface area (Å²) >= 11 is 6.01. The van der Waals surface area contributed by atoms with Crippen LogP contribution in [0.25, 0.3) is 0 Å². The average molecular weight is 398 g/mol. The quantitative estimate of drug-likeness (QED) is 0.594. The van der Waals surface area contributed by atoms with E-state index in [0.29, 0.717) is 10.8 Å². The van der Waals surface area contributed by atoms with Gasteiger partial charge in [-0.25, -0.2) is 17.9 Å². The van der Waals surface area contributed by atoms with E-state index in [-0.39, 0.29) is 24.5 Å². The predicted octanol–water partition coefficient (Wildman–Crippen LogP) is 2.13. The Balaban J connectivity index is 1.73. The summed E-state index contributed by atoms with van der Waals surface area (Å²) in [4.78, 5) is 11.9. The Hall–Kier alpha value is -2.29. The van der Waals surface area contributed by atoms with Gasteiger partial charge in [-0.05, 0) is 35.9 Å². The summed E-state index contributed by atoms with van der Waals surface area (Å²) in [7, 11) is -2.13. The molecule has 140 valence electrons. The van der Waals surface area contributed by atoms with Crippen LogP contribution in [-0.2, 0) is 16.6 Å². The largest absolute Gasteiger partial charge is 0.497 e. The van der Waals surface area contributed by atoms with Crippen LogP contribution in [-0.4, -0.2) is 34.6 Å². The number of hydrogen-bond acceptors (Lipinski definition) is 4. The second-order valence-electron chi connectivity index (χ2n) is 5.27. The van der Waals surface area contributed by atoms with Crippen LogP contribution in [0.4, 0.5) is 4.79 Å². The van der Waals surface area contributed by atoms with E-state index in [2.05, 4.69) is 15.4 Å². The lowest BCUT2D eigenvalue weighted by Gasteiger charge is -2.10. The Morgan fingerprint density at radius 3 is 2.38 bits per heavy atom. The van der Waals surface area contributed by atoms with Crippen LogP contribution >= 0.6 is 11.6 Å². The Bertz CT molecular complexity index is 841. The zero-order chi connectivity index (χ0) is 19.0. The number of amides is 2. The Labute approximate surface area is 157 Å². The molecule has 3 N–H and O–H groups in total. The SMILES string of the molecule is COc1ccc(S(=O)(=O)NCCNC(=O)NCc2ccccc2Cl)cc1. The number of halogens is 1. The van der Waals surface area contributed by atoms with Crippen molar-refractivity contribution in [1.29, 1.82) is 0 Å². The van der Waals surface area contributed by atoms with Crippen LogP contribution in [0.5, 0.6) is 5.75 Å². The molecule has 2 aromatic carbocycles. The summed E-state index contributed by atoms with van der Waals surface area (Å²) < 4.78 is 31.7. The number of urea groups is 1. The highest BCUT2D eigenvalue weighted by Gasteiger charge is 2.13. The summed E-state index contributed by atoms with van der Waals surface area (Å²) in [6.07, 6.45) is 0. The first-order chi connectivity index (χ1) is 12.4. The van der Waals surface area contributed by atoms with E-state index in [4.69, 9.17) is 16.3 Å². The summed E-state index contributed by atoms with van der Waals surface area (Å²) in [6.45, 7) is 0.487. The summed E-state index contributed by atoms with van der Waals surface area (Å²) in [6, 6.07) is 12.8. The minimum Gasteiger partial charge on any atom is -0.497 e. The van der Waals surface area contributed by atoms with Crippen molar-refractivity contribution < 1.29 is 17.9 Å². The highest BCUT2D eigenvalue weighted by molar-refractivity contribution is 7.89. The van der Waals surface area contributed by atoms with Crippen LogP contribution in [0.3, 0.4) is 0 Å². The number of ether oxygens (including phenoxy) is 1. The number of sulfonamides is 1. The van der Waals surface area contributed by atoms with E-state index in [1.807, 2.05) is 12.1 Å². The number of methoxy groups -OCH3 is 1. The molecule has 0 aliphatic heterocycles. The van der Waals surface area contributed by atoms with Gasteiger partial charge in [0.1, 0.15) is 5.75 Å². The molecule has 0 saturated heterocycles. The maximum Gasteiger partial charge on any atom is 0.315 e. The first-order valence-electron chi connectivity index (χ1n) is 7.81. The molecule has 26 heavy (non-hydrogen) atoms. The minimum atomic E-state index is -3.64. The maximum atomic E-state index is 12.1. The molecule has 0 aliphatic carbocycles. The predicted molar refractivity (Wildman–Crippen MR) is 99.9 cm³/mol. The van der Waals surface area contributed by atoms with E-state index in [0.717, 1.165) is 5.56 Å². The number of benzene rings is 2. The van der Waals surface area contributed by atoms with Gasteiger partial charge >= 0.3 is 6.03 Å². The molecular formula is C17H20ClN3O4S. The van der Waals surface area contributed by atoms with Gasteiger partial charge in [0.05, 0.1) is 12.0 Å². The fraction of sp³-hybridized carbons (Fsp3) is 0.235. The van der Waals surface area contributed by atoms with E-state index in [1.54, 1.807) is 24.3 Å². The van der Waals surface area contributed by atoms with Gasteiger partial charge in [-0.3, -0.25) is 0 Å². The normalized spacial score (nSPS) is 11.0. The summed E-state index contributed by atoms with van der Waals surface area (Å²) in [5.41, 5.74) is 0.796. The highest BCUT2D eigenvalue weighted by Crippen LogP contribution is 2.15. The molecule has 0 saturated carbocycles. The van der Waals surface area contributed by atoms with E-state index in [9.17, 15) is 13.2 Å². The fourth-order valence-corrected chi connectivity index (χ4v) is 3.31. The van der Waals surface area contributed by atoms with Crippen LogP contribution in [0.15, 0.2) is 53.4 Å². The van der Waals surface area contributed by atoms with Gasteiger partial charge in [0.15, 0.2) is 0 Å². The number of rotatable bonds is 8. The number of carbonyl (C=O) groups excluding carboxylic acids is 1.